The van der Waals surface area contributed by atoms with Gasteiger partial charge in [-0.25, -0.2) is 0 Å². The van der Waals surface area contributed by atoms with Crippen molar-refractivity contribution in [2.45, 2.75) is 44.7 Å². The number of ether oxygens (including phenoxy) is 2. The smallest absolute Gasteiger partial charge is 0.246 e. The summed E-state index contributed by atoms with van der Waals surface area (Å²) in [5.41, 5.74) is -0.807. The number of amides is 2. The molecule has 21 heavy (non-hydrogen) atoms. The topological polar surface area (TPSA) is 67.9 Å². The van der Waals surface area contributed by atoms with Gasteiger partial charge in [-0.3, -0.25) is 9.59 Å². The molecule has 0 aromatic heterocycles. The summed E-state index contributed by atoms with van der Waals surface area (Å²) in [6, 6.07) is -0.334. The maximum absolute atomic E-state index is 12.6. The molecule has 6 heteroatoms. The molecule has 6 nitrogen and oxygen atoms in total. The molecule has 2 rings (SSSR count). The number of hydrogen-bond donors (Lipinski definition) is 1. The van der Waals surface area contributed by atoms with Crippen molar-refractivity contribution in [3.63, 3.8) is 0 Å². The van der Waals surface area contributed by atoms with E-state index in [0.717, 1.165) is 19.3 Å². The summed E-state index contributed by atoms with van der Waals surface area (Å²) < 4.78 is 10.5. The van der Waals surface area contributed by atoms with Crippen molar-refractivity contribution in [2.75, 3.05) is 33.5 Å². The predicted octanol–water partition coefficient (Wildman–Crippen LogP) is 0.555. The minimum Gasteiger partial charge on any atom is -0.385 e. The molecule has 0 aromatic carbocycles. The Kier molecular flexibility index (Phi) is 5.22. The first kappa shape index (κ1) is 16.2. The van der Waals surface area contributed by atoms with Crippen LogP contribution >= 0.6 is 0 Å². The van der Waals surface area contributed by atoms with E-state index < -0.39 is 5.54 Å². The average molecular weight is 298 g/mol. The van der Waals surface area contributed by atoms with Crippen LogP contribution in [-0.4, -0.2) is 61.8 Å². The Morgan fingerprint density at radius 2 is 1.95 bits per heavy atom. The van der Waals surface area contributed by atoms with E-state index in [1.54, 1.807) is 25.9 Å². The molecule has 1 saturated heterocycles. The zero-order valence-corrected chi connectivity index (χ0v) is 13.2. The van der Waals surface area contributed by atoms with E-state index in [9.17, 15) is 9.59 Å². The lowest BCUT2D eigenvalue weighted by Gasteiger charge is -2.44. The first-order valence-corrected chi connectivity index (χ1v) is 7.67. The number of hydrogen-bond acceptors (Lipinski definition) is 4. The summed E-state index contributed by atoms with van der Waals surface area (Å²) in [5, 5.41) is 2.88. The van der Waals surface area contributed by atoms with Crippen molar-refractivity contribution in [1.29, 1.82) is 0 Å². The molecule has 1 atom stereocenters. The van der Waals surface area contributed by atoms with Gasteiger partial charge in [0, 0.05) is 26.9 Å². The van der Waals surface area contributed by atoms with E-state index in [1.165, 1.54) is 0 Å². The second kappa shape index (κ2) is 6.75. The fourth-order valence-electron chi connectivity index (χ4n) is 2.65. The number of carbonyl (C=O) groups is 2. The van der Waals surface area contributed by atoms with Gasteiger partial charge in [0.15, 0.2) is 0 Å². The third-order valence-corrected chi connectivity index (χ3v) is 4.24. The van der Waals surface area contributed by atoms with Crippen LogP contribution < -0.4 is 5.32 Å². The van der Waals surface area contributed by atoms with Crippen LogP contribution in [0.4, 0.5) is 0 Å². The summed E-state index contributed by atoms with van der Waals surface area (Å²) in [6.45, 7) is 5.75. The molecule has 120 valence electrons. The standard InChI is InChI=1S/C15H26N2O4/c1-15(2)14(19)16-12(11-5-6-11)13(18)17(15)7-10-21-9-4-8-20-3/h11-12H,4-10H2,1-3H3,(H,16,19). The fourth-order valence-corrected chi connectivity index (χ4v) is 2.65. The lowest BCUT2D eigenvalue weighted by molar-refractivity contribution is -0.156. The summed E-state index contributed by atoms with van der Waals surface area (Å²) in [6.07, 6.45) is 2.88. The van der Waals surface area contributed by atoms with Crippen molar-refractivity contribution < 1.29 is 19.1 Å². The van der Waals surface area contributed by atoms with Crippen LogP contribution in [0.15, 0.2) is 0 Å². The van der Waals surface area contributed by atoms with E-state index in [4.69, 9.17) is 9.47 Å². The largest absolute Gasteiger partial charge is 0.385 e. The highest BCUT2D eigenvalue weighted by Gasteiger charge is 2.50. The van der Waals surface area contributed by atoms with Crippen LogP contribution in [0.1, 0.15) is 33.1 Å². The number of carbonyl (C=O) groups excluding carboxylic acids is 2. The maximum Gasteiger partial charge on any atom is 0.246 e. The molecule has 1 aliphatic heterocycles. The maximum atomic E-state index is 12.6. The summed E-state index contributed by atoms with van der Waals surface area (Å²) in [4.78, 5) is 26.5. The van der Waals surface area contributed by atoms with Gasteiger partial charge in [-0.2, -0.15) is 0 Å². The number of nitrogens with one attached hydrogen (secondary N) is 1. The third kappa shape index (κ3) is 3.74. The number of methoxy groups -OCH3 is 1. The highest BCUT2D eigenvalue weighted by molar-refractivity contribution is 5.99. The van der Waals surface area contributed by atoms with Gasteiger partial charge in [0.1, 0.15) is 11.6 Å². The van der Waals surface area contributed by atoms with E-state index in [2.05, 4.69) is 5.32 Å². The van der Waals surface area contributed by atoms with Gasteiger partial charge in [0.2, 0.25) is 11.8 Å². The average Bonchev–Trinajstić information content (AvgIpc) is 3.26. The molecule has 0 bridgehead atoms. The van der Waals surface area contributed by atoms with E-state index in [0.29, 0.717) is 32.3 Å². The van der Waals surface area contributed by atoms with Crippen molar-refractivity contribution >= 4 is 11.8 Å². The molecule has 1 saturated carbocycles. The van der Waals surface area contributed by atoms with Gasteiger partial charge in [-0.05, 0) is 39.0 Å². The lowest BCUT2D eigenvalue weighted by atomic mass is 9.94. The minimum atomic E-state index is -0.807. The minimum absolute atomic E-state index is 0.0302. The second-order valence-electron chi connectivity index (χ2n) is 6.30. The van der Waals surface area contributed by atoms with E-state index >= 15 is 0 Å². The molecule has 0 spiro atoms. The molecule has 1 heterocycles. The normalized spacial score (nSPS) is 25.1. The Morgan fingerprint density at radius 3 is 2.57 bits per heavy atom. The fraction of sp³-hybridized carbons (Fsp3) is 0.867. The number of rotatable bonds is 8. The van der Waals surface area contributed by atoms with Gasteiger partial charge in [0.25, 0.3) is 0 Å². The zero-order valence-electron chi connectivity index (χ0n) is 13.2. The SMILES string of the molecule is COCCCOCCN1C(=O)C(C2CC2)NC(=O)C1(C)C. The molecule has 1 aliphatic carbocycles. The Balaban J connectivity index is 1.87. The highest BCUT2D eigenvalue weighted by atomic mass is 16.5. The van der Waals surface area contributed by atoms with Crippen molar-refractivity contribution in [1.82, 2.24) is 10.2 Å². The van der Waals surface area contributed by atoms with Crippen molar-refractivity contribution in [3.8, 4) is 0 Å². The van der Waals surface area contributed by atoms with Gasteiger partial charge >= 0.3 is 0 Å². The number of nitrogens with zero attached hydrogens (tertiary/aromatic N) is 1. The molecule has 0 aromatic rings. The highest BCUT2D eigenvalue weighted by Crippen LogP contribution is 2.36. The monoisotopic (exact) mass is 298 g/mol. The molecular weight excluding hydrogens is 272 g/mol. The van der Waals surface area contributed by atoms with Crippen LogP contribution in [-0.2, 0) is 19.1 Å². The Morgan fingerprint density at radius 1 is 1.24 bits per heavy atom. The van der Waals surface area contributed by atoms with Gasteiger partial charge in [0.05, 0.1) is 6.61 Å². The second-order valence-corrected chi connectivity index (χ2v) is 6.30. The van der Waals surface area contributed by atoms with Gasteiger partial charge < -0.3 is 19.7 Å². The van der Waals surface area contributed by atoms with Gasteiger partial charge in [-0.1, -0.05) is 0 Å². The van der Waals surface area contributed by atoms with Crippen LogP contribution in [0.3, 0.4) is 0 Å². The Bertz CT molecular complexity index is 393. The predicted molar refractivity (Wildman–Crippen MR) is 77.8 cm³/mol. The Labute approximate surface area is 126 Å². The summed E-state index contributed by atoms with van der Waals surface area (Å²) in [7, 11) is 1.66. The lowest BCUT2D eigenvalue weighted by Crippen LogP contribution is -2.69. The molecule has 1 N–H and O–H groups in total. The van der Waals surface area contributed by atoms with Crippen LogP contribution in [0, 0.1) is 5.92 Å². The summed E-state index contributed by atoms with van der Waals surface area (Å²) >= 11 is 0. The van der Waals surface area contributed by atoms with Crippen molar-refractivity contribution in [2.24, 2.45) is 5.92 Å². The molecule has 2 amide bonds. The van der Waals surface area contributed by atoms with E-state index in [1.807, 2.05) is 0 Å². The number of piperazine rings is 1. The van der Waals surface area contributed by atoms with Crippen LogP contribution in [0.5, 0.6) is 0 Å². The summed E-state index contributed by atoms with van der Waals surface area (Å²) in [5.74, 6) is 0.281. The molecular formula is C15H26N2O4. The van der Waals surface area contributed by atoms with E-state index in [-0.39, 0.29) is 17.9 Å². The Hall–Kier alpha value is -1.14. The molecule has 0 radical (unpaired) electrons. The molecule has 1 unspecified atom stereocenters. The van der Waals surface area contributed by atoms with Crippen LogP contribution in [0.2, 0.25) is 0 Å². The third-order valence-electron chi connectivity index (χ3n) is 4.24. The molecule has 2 fully saturated rings. The van der Waals surface area contributed by atoms with Crippen LogP contribution in [0.25, 0.3) is 0 Å². The van der Waals surface area contributed by atoms with Gasteiger partial charge in [-0.15, -0.1) is 0 Å². The first-order chi connectivity index (χ1) is 9.98. The molecule has 2 aliphatic rings. The quantitative estimate of drug-likeness (QED) is 0.665. The first-order valence-electron chi connectivity index (χ1n) is 7.67. The zero-order chi connectivity index (χ0) is 15.5. The van der Waals surface area contributed by atoms with Crippen molar-refractivity contribution in [3.05, 3.63) is 0 Å².